The van der Waals surface area contributed by atoms with Gasteiger partial charge in [0, 0.05) is 6.92 Å². The van der Waals surface area contributed by atoms with E-state index < -0.39 is 0 Å². The van der Waals surface area contributed by atoms with Crippen molar-refractivity contribution in [2.45, 2.75) is 6.92 Å². The highest BCUT2D eigenvalue weighted by Gasteiger charge is 2.19. The maximum absolute atomic E-state index is 11.2. The van der Waals surface area contributed by atoms with Gasteiger partial charge in [0.15, 0.2) is 11.6 Å². The quantitative estimate of drug-likeness (QED) is 0.498. The van der Waals surface area contributed by atoms with Gasteiger partial charge in [0.2, 0.25) is 0 Å². The first-order chi connectivity index (χ1) is 6.75. The number of hydrogen-bond donors (Lipinski definition) is 0. The van der Waals surface area contributed by atoms with Gasteiger partial charge >= 0.3 is 5.97 Å². The van der Waals surface area contributed by atoms with E-state index in [4.69, 9.17) is 4.74 Å². The molecule has 70 valence electrons. The molecule has 1 aliphatic rings. The number of hydrogen-bond acceptors (Lipinski definition) is 3. The number of aliphatic imine (C=N–C) groups is 1. The van der Waals surface area contributed by atoms with E-state index in [-0.39, 0.29) is 5.97 Å². The number of ether oxygens (including phenoxy) is 1. The van der Waals surface area contributed by atoms with Gasteiger partial charge in [-0.15, -0.1) is 0 Å². The summed E-state index contributed by atoms with van der Waals surface area (Å²) in [5, 5.41) is 0. The van der Waals surface area contributed by atoms with Gasteiger partial charge in [0.1, 0.15) is 0 Å². The van der Waals surface area contributed by atoms with Gasteiger partial charge in [-0.25, -0.2) is 9.79 Å². The van der Waals surface area contributed by atoms with Crippen molar-refractivity contribution < 1.29 is 9.53 Å². The lowest BCUT2D eigenvalue weighted by Crippen LogP contribution is -1.99. The Kier molecular flexibility index (Phi) is 2.14. The summed E-state index contributed by atoms with van der Waals surface area (Å²) in [7, 11) is 0. The maximum atomic E-state index is 11.2. The van der Waals surface area contributed by atoms with Crippen molar-refractivity contribution >= 4 is 17.9 Å². The number of cyclic esters (lactones) is 1. The molecule has 1 heterocycles. The molecule has 3 nitrogen and oxygen atoms in total. The average molecular weight is 187 g/mol. The first kappa shape index (κ1) is 8.69. The fourth-order valence-electron chi connectivity index (χ4n) is 1.22. The summed E-state index contributed by atoms with van der Waals surface area (Å²) in [4.78, 5) is 15.2. The summed E-state index contributed by atoms with van der Waals surface area (Å²) in [5.41, 5.74) is 1.30. The second kappa shape index (κ2) is 3.46. The van der Waals surface area contributed by atoms with Crippen LogP contribution in [0.4, 0.5) is 0 Å². The molecule has 0 atom stereocenters. The number of nitrogens with zero attached hydrogens (tertiary/aromatic N) is 1. The third-order valence-corrected chi connectivity index (χ3v) is 1.83. The van der Waals surface area contributed by atoms with Crippen LogP contribution in [-0.2, 0) is 9.53 Å². The molecule has 3 heteroatoms. The average Bonchev–Trinajstić information content (AvgIpc) is 2.47. The second-order valence-electron chi connectivity index (χ2n) is 2.96. The van der Waals surface area contributed by atoms with Gasteiger partial charge < -0.3 is 4.74 Å². The molecule has 0 unspecified atom stereocenters. The van der Waals surface area contributed by atoms with Gasteiger partial charge in [0.25, 0.3) is 0 Å². The van der Waals surface area contributed by atoms with Gasteiger partial charge in [0.05, 0.1) is 0 Å². The Morgan fingerprint density at radius 2 is 2.00 bits per heavy atom. The fraction of sp³-hybridized carbons (Fsp3) is 0.0909. The number of carbonyl (C=O) groups is 1. The molecule has 0 N–H and O–H groups in total. The molecule has 0 radical (unpaired) electrons. The lowest BCUT2D eigenvalue weighted by atomic mass is 10.2. The van der Waals surface area contributed by atoms with Gasteiger partial charge in [-0.05, 0) is 11.6 Å². The van der Waals surface area contributed by atoms with Crippen LogP contribution in [0.1, 0.15) is 12.5 Å². The Labute approximate surface area is 81.7 Å². The molecule has 0 saturated carbocycles. The van der Waals surface area contributed by atoms with E-state index in [1.165, 1.54) is 0 Å². The molecule has 14 heavy (non-hydrogen) atoms. The molecule has 0 amide bonds. The first-order valence-corrected chi connectivity index (χ1v) is 4.30. The van der Waals surface area contributed by atoms with E-state index >= 15 is 0 Å². The topological polar surface area (TPSA) is 38.7 Å². The maximum Gasteiger partial charge on any atom is 0.363 e. The second-order valence-corrected chi connectivity index (χ2v) is 2.96. The van der Waals surface area contributed by atoms with Crippen LogP contribution < -0.4 is 0 Å². The van der Waals surface area contributed by atoms with Crippen LogP contribution >= 0.6 is 0 Å². The van der Waals surface area contributed by atoms with Crippen molar-refractivity contribution in [2.75, 3.05) is 0 Å². The molecule has 0 spiro atoms. The van der Waals surface area contributed by atoms with E-state index in [0.29, 0.717) is 11.6 Å². The lowest BCUT2D eigenvalue weighted by molar-refractivity contribution is -0.130. The minimum Gasteiger partial charge on any atom is -0.407 e. The third-order valence-electron chi connectivity index (χ3n) is 1.83. The molecule has 0 bridgehead atoms. The highest BCUT2D eigenvalue weighted by atomic mass is 16.6. The SMILES string of the molecule is CC1=NC(=Cc2ccccc2)C(=O)O1. The van der Waals surface area contributed by atoms with Crippen molar-refractivity contribution in [3.05, 3.63) is 41.6 Å². The van der Waals surface area contributed by atoms with E-state index in [1.54, 1.807) is 13.0 Å². The summed E-state index contributed by atoms with van der Waals surface area (Å²) in [6, 6.07) is 9.54. The summed E-state index contributed by atoms with van der Waals surface area (Å²) >= 11 is 0. The van der Waals surface area contributed by atoms with Gasteiger partial charge in [-0.1, -0.05) is 30.3 Å². The zero-order valence-electron chi connectivity index (χ0n) is 7.73. The Bertz CT molecular complexity index is 418. The van der Waals surface area contributed by atoms with E-state index in [2.05, 4.69) is 4.99 Å². The highest BCUT2D eigenvalue weighted by molar-refractivity contribution is 6.06. The number of carbonyl (C=O) groups excluding carboxylic acids is 1. The van der Waals surface area contributed by atoms with Crippen LogP contribution in [0.3, 0.4) is 0 Å². The Balaban J connectivity index is 2.32. The first-order valence-electron chi connectivity index (χ1n) is 4.30. The van der Waals surface area contributed by atoms with Gasteiger partial charge in [-0.3, -0.25) is 0 Å². The molecular formula is C11H9NO2. The van der Waals surface area contributed by atoms with E-state index in [9.17, 15) is 4.79 Å². The summed E-state index contributed by atoms with van der Waals surface area (Å²) in [6.45, 7) is 1.66. The van der Waals surface area contributed by atoms with Crippen LogP contribution in [0.15, 0.2) is 41.0 Å². The number of esters is 1. The minimum atomic E-state index is -0.383. The van der Waals surface area contributed by atoms with Crippen LogP contribution in [0.2, 0.25) is 0 Å². The van der Waals surface area contributed by atoms with Crippen LogP contribution in [0.5, 0.6) is 0 Å². The molecule has 0 aromatic heterocycles. The lowest BCUT2D eigenvalue weighted by Gasteiger charge is -1.92. The van der Waals surface area contributed by atoms with Crippen LogP contribution in [-0.4, -0.2) is 11.9 Å². The number of rotatable bonds is 1. The molecule has 1 aromatic carbocycles. The zero-order valence-corrected chi connectivity index (χ0v) is 7.73. The van der Waals surface area contributed by atoms with Crippen molar-refractivity contribution in [3.8, 4) is 0 Å². The van der Waals surface area contributed by atoms with Crippen molar-refractivity contribution in [1.82, 2.24) is 0 Å². The molecule has 0 aliphatic carbocycles. The zero-order chi connectivity index (χ0) is 9.97. The molecule has 1 aromatic rings. The van der Waals surface area contributed by atoms with Crippen molar-refractivity contribution in [3.63, 3.8) is 0 Å². The summed E-state index contributed by atoms with van der Waals surface area (Å²) in [6.07, 6.45) is 1.71. The molecule has 1 aliphatic heterocycles. The fourth-order valence-corrected chi connectivity index (χ4v) is 1.22. The minimum absolute atomic E-state index is 0.355. The molecule has 0 fully saturated rings. The normalized spacial score (nSPS) is 18.2. The van der Waals surface area contributed by atoms with Gasteiger partial charge in [-0.2, -0.15) is 0 Å². The summed E-state index contributed by atoms with van der Waals surface area (Å²) < 4.78 is 4.79. The Hall–Kier alpha value is -1.90. The largest absolute Gasteiger partial charge is 0.407 e. The number of benzene rings is 1. The summed E-state index contributed by atoms with van der Waals surface area (Å²) in [5.74, 6) is 0.0172. The predicted molar refractivity (Wildman–Crippen MR) is 53.6 cm³/mol. The highest BCUT2D eigenvalue weighted by Crippen LogP contribution is 2.14. The van der Waals surface area contributed by atoms with E-state index in [0.717, 1.165) is 5.56 Å². The molecule has 2 rings (SSSR count). The van der Waals surface area contributed by atoms with E-state index in [1.807, 2.05) is 30.3 Å². The van der Waals surface area contributed by atoms with Crippen molar-refractivity contribution in [1.29, 1.82) is 0 Å². The Morgan fingerprint density at radius 1 is 1.29 bits per heavy atom. The van der Waals surface area contributed by atoms with Crippen LogP contribution in [0, 0.1) is 0 Å². The van der Waals surface area contributed by atoms with Crippen molar-refractivity contribution in [2.24, 2.45) is 4.99 Å². The third kappa shape index (κ3) is 1.71. The molecule has 0 saturated heterocycles. The smallest absolute Gasteiger partial charge is 0.363 e. The van der Waals surface area contributed by atoms with Crippen LogP contribution in [0.25, 0.3) is 6.08 Å². The standard InChI is InChI=1S/C11H9NO2/c1-8-12-10(11(13)14-8)7-9-5-3-2-4-6-9/h2-7H,1H3. The molecular weight excluding hydrogens is 178 g/mol. The monoisotopic (exact) mass is 187 g/mol. The Morgan fingerprint density at radius 3 is 2.57 bits per heavy atom. The predicted octanol–water partition coefficient (Wildman–Crippen LogP) is 2.00.